The van der Waals surface area contributed by atoms with Crippen molar-refractivity contribution in [3.05, 3.63) is 0 Å². The second-order valence-electron chi connectivity index (χ2n) is 3.39. The molecule has 1 saturated heterocycles. The van der Waals surface area contributed by atoms with Crippen molar-refractivity contribution in [3.8, 4) is 0 Å². The molecule has 0 aromatic rings. The van der Waals surface area contributed by atoms with Crippen LogP contribution < -0.4 is 0 Å². The van der Waals surface area contributed by atoms with Gasteiger partial charge in [0, 0.05) is 14.1 Å². The maximum atomic E-state index is 11.5. The highest BCUT2D eigenvalue weighted by atomic mass is 16.4. The number of aliphatic carboxylic acids is 2. The van der Waals surface area contributed by atoms with Gasteiger partial charge in [-0.05, 0) is 0 Å². The highest BCUT2D eigenvalue weighted by Gasteiger charge is 2.51. The molecule has 1 rings (SSSR count). The lowest BCUT2D eigenvalue weighted by atomic mass is 9.99. The van der Waals surface area contributed by atoms with Crippen LogP contribution in [0.5, 0.6) is 0 Å². The minimum atomic E-state index is -1.95. The van der Waals surface area contributed by atoms with Crippen LogP contribution >= 0.6 is 0 Å². The molecule has 16 heavy (non-hydrogen) atoms. The Hall–Kier alpha value is -2.12. The smallest absolute Gasteiger partial charge is 0.326 e. The van der Waals surface area contributed by atoms with Crippen molar-refractivity contribution in [2.75, 3.05) is 14.1 Å². The highest BCUT2D eigenvalue weighted by molar-refractivity contribution is 6.09. The van der Waals surface area contributed by atoms with E-state index in [1.54, 1.807) is 0 Å². The number of hydrogen-bond donors (Lipinski definition) is 2. The van der Waals surface area contributed by atoms with Crippen LogP contribution in [-0.2, 0) is 14.4 Å². The molecule has 0 aromatic heterocycles. The van der Waals surface area contributed by atoms with Gasteiger partial charge in [-0.15, -0.1) is 0 Å². The SMILES string of the molecule is CN1C(=O)C(C(C(=O)O)C(=O)O)N(C)C1=O. The lowest BCUT2D eigenvalue weighted by Crippen LogP contribution is -2.46. The molecule has 3 amide bonds. The van der Waals surface area contributed by atoms with E-state index < -0.39 is 35.8 Å². The van der Waals surface area contributed by atoms with E-state index in [2.05, 4.69) is 0 Å². The quantitative estimate of drug-likeness (QED) is 0.458. The van der Waals surface area contributed by atoms with E-state index in [9.17, 15) is 19.2 Å². The zero-order chi connectivity index (χ0) is 12.6. The van der Waals surface area contributed by atoms with Gasteiger partial charge in [0.05, 0.1) is 0 Å². The van der Waals surface area contributed by atoms with Gasteiger partial charge in [0.25, 0.3) is 5.91 Å². The third-order valence-corrected chi connectivity index (χ3v) is 2.44. The molecular formula is C8H10N2O6. The number of nitrogens with zero attached hydrogens (tertiary/aromatic N) is 2. The molecule has 2 N–H and O–H groups in total. The Kier molecular flexibility index (Phi) is 2.84. The number of carboxylic acids is 2. The average Bonchev–Trinajstić information content (AvgIpc) is 2.34. The van der Waals surface area contributed by atoms with Crippen LogP contribution in [0.3, 0.4) is 0 Å². The van der Waals surface area contributed by atoms with Crippen molar-refractivity contribution in [2.45, 2.75) is 6.04 Å². The second-order valence-corrected chi connectivity index (χ2v) is 3.39. The lowest BCUT2D eigenvalue weighted by Gasteiger charge is -2.19. The summed E-state index contributed by atoms with van der Waals surface area (Å²) in [5.41, 5.74) is 0. The highest BCUT2D eigenvalue weighted by Crippen LogP contribution is 2.21. The van der Waals surface area contributed by atoms with Gasteiger partial charge in [0.15, 0.2) is 5.92 Å². The van der Waals surface area contributed by atoms with Gasteiger partial charge in [-0.1, -0.05) is 0 Å². The summed E-state index contributed by atoms with van der Waals surface area (Å²) in [6, 6.07) is -2.21. The average molecular weight is 230 g/mol. The van der Waals surface area contributed by atoms with Crippen molar-refractivity contribution in [2.24, 2.45) is 5.92 Å². The Balaban J connectivity index is 3.12. The molecule has 1 heterocycles. The first-order chi connectivity index (χ1) is 7.29. The van der Waals surface area contributed by atoms with E-state index in [0.717, 1.165) is 4.90 Å². The number of urea groups is 1. The monoisotopic (exact) mass is 230 g/mol. The Morgan fingerprint density at radius 2 is 1.62 bits per heavy atom. The maximum absolute atomic E-state index is 11.5. The number of hydrogen-bond acceptors (Lipinski definition) is 4. The van der Waals surface area contributed by atoms with Gasteiger partial charge in [-0.25, -0.2) is 4.79 Å². The summed E-state index contributed by atoms with van der Waals surface area (Å²) >= 11 is 0. The fourth-order valence-electron chi connectivity index (χ4n) is 1.56. The minimum Gasteiger partial charge on any atom is -0.481 e. The van der Waals surface area contributed by atoms with Crippen LogP contribution in [-0.4, -0.2) is 64.0 Å². The standard InChI is InChI=1S/C8H10N2O6/c1-9-4(3(6(12)13)7(14)15)5(11)10(2)8(9)16/h3-4H,1-2H3,(H,12,13)(H,14,15). The zero-order valence-corrected chi connectivity index (χ0v) is 8.58. The number of carbonyl (C=O) groups excluding carboxylic acids is 2. The molecular weight excluding hydrogens is 220 g/mol. The molecule has 0 spiro atoms. The van der Waals surface area contributed by atoms with Gasteiger partial charge < -0.3 is 15.1 Å². The van der Waals surface area contributed by atoms with Crippen molar-refractivity contribution < 1.29 is 29.4 Å². The maximum Gasteiger partial charge on any atom is 0.326 e. The molecule has 0 aliphatic carbocycles. The molecule has 1 unspecified atom stereocenters. The van der Waals surface area contributed by atoms with Gasteiger partial charge in [0.2, 0.25) is 0 Å². The molecule has 1 atom stereocenters. The first-order valence-electron chi connectivity index (χ1n) is 4.29. The fourth-order valence-corrected chi connectivity index (χ4v) is 1.56. The van der Waals surface area contributed by atoms with E-state index in [-0.39, 0.29) is 0 Å². The van der Waals surface area contributed by atoms with Crippen molar-refractivity contribution in [1.82, 2.24) is 9.80 Å². The summed E-state index contributed by atoms with van der Waals surface area (Å²) < 4.78 is 0. The molecule has 0 saturated carbocycles. The molecule has 0 radical (unpaired) electrons. The molecule has 1 aliphatic heterocycles. The van der Waals surface area contributed by atoms with Crippen molar-refractivity contribution >= 4 is 23.9 Å². The number of rotatable bonds is 3. The van der Waals surface area contributed by atoms with Crippen LogP contribution in [0, 0.1) is 5.92 Å². The fraction of sp³-hybridized carbons (Fsp3) is 0.500. The molecule has 1 fully saturated rings. The summed E-state index contributed by atoms with van der Waals surface area (Å²) in [6.45, 7) is 0. The number of carboxylic acid groups (broad SMARTS) is 2. The Morgan fingerprint density at radius 3 is 1.88 bits per heavy atom. The van der Waals surface area contributed by atoms with Gasteiger partial charge in [-0.2, -0.15) is 0 Å². The summed E-state index contributed by atoms with van der Waals surface area (Å²) in [7, 11) is 2.36. The normalized spacial score (nSPS) is 20.8. The van der Waals surface area contributed by atoms with Crippen LogP contribution in [0.25, 0.3) is 0 Å². The van der Waals surface area contributed by atoms with Crippen LogP contribution in [0.15, 0.2) is 0 Å². The van der Waals surface area contributed by atoms with E-state index >= 15 is 0 Å². The predicted octanol–water partition coefficient (Wildman–Crippen LogP) is -1.34. The molecule has 1 aliphatic rings. The summed E-state index contributed by atoms with van der Waals surface area (Å²) in [5.74, 6) is -6.09. The number of amides is 3. The molecule has 0 aromatic carbocycles. The molecule has 0 bridgehead atoms. The van der Waals surface area contributed by atoms with Crippen LogP contribution in [0.1, 0.15) is 0 Å². The number of carbonyl (C=O) groups is 4. The molecule has 8 nitrogen and oxygen atoms in total. The first kappa shape index (κ1) is 12.0. The number of imide groups is 1. The molecule has 8 heteroatoms. The van der Waals surface area contributed by atoms with Crippen LogP contribution in [0.2, 0.25) is 0 Å². The van der Waals surface area contributed by atoms with E-state index in [1.807, 2.05) is 0 Å². The van der Waals surface area contributed by atoms with Gasteiger partial charge in [0.1, 0.15) is 6.04 Å². The third-order valence-electron chi connectivity index (χ3n) is 2.44. The summed E-state index contributed by atoms with van der Waals surface area (Å²) in [6.07, 6.45) is 0. The zero-order valence-electron chi connectivity index (χ0n) is 8.58. The summed E-state index contributed by atoms with van der Waals surface area (Å²) in [4.78, 5) is 45.8. The van der Waals surface area contributed by atoms with Gasteiger partial charge >= 0.3 is 18.0 Å². The summed E-state index contributed by atoms with van der Waals surface area (Å²) in [5, 5.41) is 17.4. The Bertz CT molecular complexity index is 365. The van der Waals surface area contributed by atoms with Crippen molar-refractivity contribution in [1.29, 1.82) is 0 Å². The lowest BCUT2D eigenvalue weighted by molar-refractivity contribution is -0.159. The van der Waals surface area contributed by atoms with Crippen molar-refractivity contribution in [3.63, 3.8) is 0 Å². The Morgan fingerprint density at radius 1 is 1.19 bits per heavy atom. The third kappa shape index (κ3) is 1.58. The topological polar surface area (TPSA) is 115 Å². The molecule has 88 valence electrons. The largest absolute Gasteiger partial charge is 0.481 e. The van der Waals surface area contributed by atoms with E-state index in [1.165, 1.54) is 14.1 Å². The first-order valence-corrected chi connectivity index (χ1v) is 4.29. The van der Waals surface area contributed by atoms with Crippen LogP contribution in [0.4, 0.5) is 4.79 Å². The van der Waals surface area contributed by atoms with Gasteiger partial charge in [-0.3, -0.25) is 19.3 Å². The Labute approximate surface area is 90.0 Å². The second kappa shape index (κ2) is 3.80. The predicted molar refractivity (Wildman–Crippen MR) is 48.5 cm³/mol. The van der Waals surface area contributed by atoms with E-state index in [0.29, 0.717) is 4.90 Å². The minimum absolute atomic E-state index is 0.698. The number of likely N-dealkylation sites (N-methyl/N-ethyl adjacent to an activating group) is 2. The van der Waals surface area contributed by atoms with E-state index in [4.69, 9.17) is 10.2 Å².